The summed E-state index contributed by atoms with van der Waals surface area (Å²) < 4.78 is 7.60. The van der Waals surface area contributed by atoms with Crippen molar-refractivity contribution in [1.29, 1.82) is 0 Å². The van der Waals surface area contributed by atoms with Crippen molar-refractivity contribution in [2.24, 2.45) is 0 Å². The SMILES string of the molecule is CCCOCCCn1c(C(C)C)cnc1SCC(=O)O. The molecule has 0 aliphatic carbocycles. The number of imidazole rings is 1. The highest BCUT2D eigenvalue weighted by atomic mass is 32.2. The van der Waals surface area contributed by atoms with Crippen molar-refractivity contribution < 1.29 is 14.6 Å². The molecule has 0 saturated carbocycles. The number of carboxylic acid groups (broad SMARTS) is 1. The van der Waals surface area contributed by atoms with Crippen LogP contribution >= 0.6 is 11.8 Å². The molecule has 0 aliphatic rings. The van der Waals surface area contributed by atoms with Gasteiger partial charge in [-0.2, -0.15) is 0 Å². The molecule has 0 aromatic carbocycles. The molecule has 1 aromatic rings. The smallest absolute Gasteiger partial charge is 0.313 e. The third-order valence-corrected chi connectivity index (χ3v) is 3.76. The largest absolute Gasteiger partial charge is 0.481 e. The Bertz CT molecular complexity index is 419. The van der Waals surface area contributed by atoms with Crippen LogP contribution in [-0.4, -0.2) is 39.6 Å². The van der Waals surface area contributed by atoms with E-state index in [2.05, 4.69) is 30.3 Å². The van der Waals surface area contributed by atoms with Gasteiger partial charge in [-0.25, -0.2) is 4.98 Å². The Hall–Kier alpha value is -1.01. The predicted octanol–water partition coefficient (Wildman–Crippen LogP) is 3.00. The lowest BCUT2D eigenvalue weighted by Crippen LogP contribution is -2.09. The fourth-order valence-electron chi connectivity index (χ4n) is 1.87. The first kappa shape index (κ1) is 17.0. The van der Waals surface area contributed by atoms with Crippen molar-refractivity contribution in [3.63, 3.8) is 0 Å². The van der Waals surface area contributed by atoms with Gasteiger partial charge in [0.25, 0.3) is 0 Å². The van der Waals surface area contributed by atoms with Crippen molar-refractivity contribution in [3.8, 4) is 0 Å². The van der Waals surface area contributed by atoms with Gasteiger partial charge in [-0.15, -0.1) is 0 Å². The van der Waals surface area contributed by atoms with Crippen LogP contribution in [0.1, 0.15) is 45.2 Å². The lowest BCUT2D eigenvalue weighted by molar-refractivity contribution is -0.133. The van der Waals surface area contributed by atoms with Crippen LogP contribution in [0.3, 0.4) is 0 Å². The van der Waals surface area contributed by atoms with E-state index >= 15 is 0 Å². The van der Waals surface area contributed by atoms with Crippen LogP contribution in [0.15, 0.2) is 11.4 Å². The molecule has 0 spiro atoms. The summed E-state index contributed by atoms with van der Waals surface area (Å²) in [5, 5.41) is 9.56. The average Bonchev–Trinajstić information content (AvgIpc) is 2.79. The molecule has 20 heavy (non-hydrogen) atoms. The third-order valence-electron chi connectivity index (χ3n) is 2.78. The van der Waals surface area contributed by atoms with E-state index in [1.54, 1.807) is 0 Å². The minimum Gasteiger partial charge on any atom is -0.481 e. The van der Waals surface area contributed by atoms with Gasteiger partial charge in [0.1, 0.15) is 0 Å². The summed E-state index contributed by atoms with van der Waals surface area (Å²) in [7, 11) is 0. The molecular formula is C14H24N2O3S. The molecule has 0 fully saturated rings. The first-order valence-corrected chi connectivity index (χ1v) is 8.02. The lowest BCUT2D eigenvalue weighted by atomic mass is 10.1. The molecule has 1 heterocycles. The number of thioether (sulfide) groups is 1. The van der Waals surface area contributed by atoms with E-state index in [0.29, 0.717) is 5.92 Å². The maximum Gasteiger partial charge on any atom is 0.313 e. The fraction of sp³-hybridized carbons (Fsp3) is 0.714. The molecule has 114 valence electrons. The van der Waals surface area contributed by atoms with Gasteiger partial charge < -0.3 is 14.4 Å². The van der Waals surface area contributed by atoms with Gasteiger partial charge in [-0.1, -0.05) is 32.5 Å². The number of carboxylic acids is 1. The van der Waals surface area contributed by atoms with Crippen molar-refractivity contribution in [3.05, 3.63) is 11.9 Å². The first-order chi connectivity index (χ1) is 9.56. The highest BCUT2D eigenvalue weighted by Crippen LogP contribution is 2.23. The van der Waals surface area contributed by atoms with E-state index < -0.39 is 5.97 Å². The van der Waals surface area contributed by atoms with Gasteiger partial charge in [-0.3, -0.25) is 4.79 Å². The van der Waals surface area contributed by atoms with E-state index in [1.165, 1.54) is 11.8 Å². The van der Waals surface area contributed by atoms with E-state index in [0.717, 1.165) is 43.5 Å². The van der Waals surface area contributed by atoms with Crippen LogP contribution in [0.2, 0.25) is 0 Å². The average molecular weight is 300 g/mol. The Morgan fingerprint density at radius 1 is 1.50 bits per heavy atom. The van der Waals surface area contributed by atoms with Crippen LogP contribution in [0.5, 0.6) is 0 Å². The third kappa shape index (κ3) is 5.54. The molecule has 0 aliphatic heterocycles. The van der Waals surface area contributed by atoms with Crippen LogP contribution in [-0.2, 0) is 16.1 Å². The van der Waals surface area contributed by atoms with Crippen molar-refractivity contribution in [1.82, 2.24) is 9.55 Å². The van der Waals surface area contributed by atoms with E-state index in [4.69, 9.17) is 9.84 Å². The quantitative estimate of drug-likeness (QED) is 0.531. The molecule has 0 radical (unpaired) electrons. The highest BCUT2D eigenvalue weighted by Gasteiger charge is 2.14. The monoisotopic (exact) mass is 300 g/mol. The second kappa shape index (κ2) is 9.02. The molecule has 0 atom stereocenters. The van der Waals surface area contributed by atoms with Crippen molar-refractivity contribution >= 4 is 17.7 Å². The Kier molecular flexibility index (Phi) is 7.69. The fourth-order valence-corrected chi connectivity index (χ4v) is 2.60. The Labute approximate surface area is 124 Å². The number of aromatic nitrogens is 2. The number of nitrogens with zero attached hydrogens (tertiary/aromatic N) is 2. The minimum atomic E-state index is -0.818. The number of carbonyl (C=O) groups is 1. The van der Waals surface area contributed by atoms with Gasteiger partial charge in [0.05, 0.1) is 5.75 Å². The Balaban J connectivity index is 2.63. The zero-order valence-electron chi connectivity index (χ0n) is 12.5. The van der Waals surface area contributed by atoms with Crippen molar-refractivity contribution in [2.75, 3.05) is 19.0 Å². The lowest BCUT2D eigenvalue weighted by Gasteiger charge is -2.13. The number of ether oxygens (including phenoxy) is 1. The molecule has 1 rings (SSSR count). The molecule has 0 saturated heterocycles. The van der Waals surface area contributed by atoms with Gasteiger partial charge >= 0.3 is 5.97 Å². The van der Waals surface area contributed by atoms with Gasteiger partial charge in [-0.05, 0) is 18.8 Å². The molecule has 0 amide bonds. The summed E-state index contributed by atoms with van der Waals surface area (Å²) in [4.78, 5) is 15.0. The van der Waals surface area contributed by atoms with Gasteiger partial charge in [0, 0.05) is 31.6 Å². The van der Waals surface area contributed by atoms with Crippen LogP contribution in [0.25, 0.3) is 0 Å². The second-order valence-corrected chi connectivity index (χ2v) is 5.86. The maximum absolute atomic E-state index is 10.7. The molecule has 5 nitrogen and oxygen atoms in total. The number of rotatable bonds is 10. The summed E-state index contributed by atoms with van der Waals surface area (Å²) in [6, 6.07) is 0. The van der Waals surface area contributed by atoms with E-state index in [1.807, 2.05) is 6.20 Å². The highest BCUT2D eigenvalue weighted by molar-refractivity contribution is 7.99. The summed E-state index contributed by atoms with van der Waals surface area (Å²) in [6.07, 6.45) is 3.79. The van der Waals surface area contributed by atoms with Gasteiger partial charge in [0.15, 0.2) is 5.16 Å². The topological polar surface area (TPSA) is 64.4 Å². The van der Waals surface area contributed by atoms with Crippen LogP contribution < -0.4 is 0 Å². The van der Waals surface area contributed by atoms with Gasteiger partial charge in [0.2, 0.25) is 0 Å². The predicted molar refractivity (Wildman–Crippen MR) is 80.4 cm³/mol. The standard InChI is InChI=1S/C14H24N2O3S/c1-4-7-19-8-5-6-16-12(11(2)3)9-15-14(16)20-10-13(17)18/h9,11H,4-8,10H2,1-3H3,(H,17,18). The summed E-state index contributed by atoms with van der Waals surface area (Å²) >= 11 is 1.27. The molecule has 1 aromatic heterocycles. The summed E-state index contributed by atoms with van der Waals surface area (Å²) in [6.45, 7) is 8.67. The normalized spacial score (nSPS) is 11.2. The Morgan fingerprint density at radius 2 is 2.25 bits per heavy atom. The van der Waals surface area contributed by atoms with E-state index in [-0.39, 0.29) is 5.75 Å². The number of hydrogen-bond donors (Lipinski definition) is 1. The first-order valence-electron chi connectivity index (χ1n) is 7.04. The van der Waals surface area contributed by atoms with Crippen LogP contribution in [0, 0.1) is 0 Å². The number of hydrogen-bond acceptors (Lipinski definition) is 4. The van der Waals surface area contributed by atoms with E-state index in [9.17, 15) is 4.79 Å². The molecule has 0 bridgehead atoms. The molecule has 1 N–H and O–H groups in total. The zero-order chi connectivity index (χ0) is 15.0. The summed E-state index contributed by atoms with van der Waals surface area (Å²) in [5.74, 6) is -0.402. The zero-order valence-corrected chi connectivity index (χ0v) is 13.3. The number of aliphatic carboxylic acids is 1. The van der Waals surface area contributed by atoms with Crippen LogP contribution in [0.4, 0.5) is 0 Å². The second-order valence-electron chi connectivity index (χ2n) is 4.92. The Morgan fingerprint density at radius 3 is 2.85 bits per heavy atom. The molecular weight excluding hydrogens is 276 g/mol. The maximum atomic E-state index is 10.7. The minimum absolute atomic E-state index is 0.0425. The molecule has 0 unspecified atom stereocenters. The molecule has 6 heteroatoms. The van der Waals surface area contributed by atoms with Crippen molar-refractivity contribution in [2.45, 2.75) is 51.2 Å². The summed E-state index contributed by atoms with van der Waals surface area (Å²) in [5.41, 5.74) is 1.15.